The van der Waals surface area contributed by atoms with Crippen molar-refractivity contribution in [3.8, 4) is 5.75 Å². The Kier molecular flexibility index (Phi) is 3.69. The molecule has 0 amide bonds. The molecule has 1 saturated heterocycles. The zero-order chi connectivity index (χ0) is 12.4. The first-order valence-corrected chi connectivity index (χ1v) is 6.10. The van der Waals surface area contributed by atoms with Crippen molar-refractivity contribution in [3.05, 3.63) is 28.8 Å². The monoisotopic (exact) mass is 253 g/mol. The maximum atomic E-state index is 11.2. The maximum absolute atomic E-state index is 11.2. The Labute approximate surface area is 106 Å². The summed E-state index contributed by atoms with van der Waals surface area (Å²) in [4.78, 5) is 13.4. The Hall–Kier alpha value is -1.06. The van der Waals surface area contributed by atoms with Crippen LogP contribution >= 0.6 is 11.6 Å². The van der Waals surface area contributed by atoms with Crippen LogP contribution < -0.4 is 4.74 Å². The molecular weight excluding hydrogens is 238 g/mol. The van der Waals surface area contributed by atoms with E-state index in [9.17, 15) is 4.79 Å². The second-order valence-corrected chi connectivity index (χ2v) is 4.90. The van der Waals surface area contributed by atoms with Gasteiger partial charge in [0.05, 0.1) is 5.02 Å². The standard InChI is InChI=1S/C13H16ClNO2/c1-9(16)10-3-4-13(12(14)7-10)17-11-5-6-15(2)8-11/h3-4,7,11H,5-6,8H2,1-2H3. The molecule has 17 heavy (non-hydrogen) atoms. The SMILES string of the molecule is CC(=O)c1ccc(OC2CCN(C)C2)c(Cl)c1. The van der Waals surface area contributed by atoms with Crippen LogP contribution in [0.1, 0.15) is 23.7 Å². The second-order valence-electron chi connectivity index (χ2n) is 4.49. The van der Waals surface area contributed by atoms with Gasteiger partial charge in [-0.3, -0.25) is 4.79 Å². The van der Waals surface area contributed by atoms with E-state index in [2.05, 4.69) is 11.9 Å². The van der Waals surface area contributed by atoms with Crippen LogP contribution in [0, 0.1) is 0 Å². The number of ketones is 1. The molecule has 2 rings (SSSR count). The molecule has 1 heterocycles. The van der Waals surface area contributed by atoms with Gasteiger partial charge < -0.3 is 9.64 Å². The first-order chi connectivity index (χ1) is 8.06. The van der Waals surface area contributed by atoms with Crippen molar-refractivity contribution in [3.63, 3.8) is 0 Å². The smallest absolute Gasteiger partial charge is 0.159 e. The van der Waals surface area contributed by atoms with E-state index in [4.69, 9.17) is 16.3 Å². The van der Waals surface area contributed by atoms with E-state index in [0.717, 1.165) is 19.5 Å². The van der Waals surface area contributed by atoms with Crippen molar-refractivity contribution >= 4 is 17.4 Å². The molecule has 1 aliphatic heterocycles. The van der Waals surface area contributed by atoms with Gasteiger partial charge in [0.1, 0.15) is 11.9 Å². The third kappa shape index (κ3) is 2.99. The van der Waals surface area contributed by atoms with Crippen molar-refractivity contribution in [2.75, 3.05) is 20.1 Å². The van der Waals surface area contributed by atoms with E-state index in [-0.39, 0.29) is 11.9 Å². The number of likely N-dealkylation sites (tertiary alicyclic amines) is 1. The quantitative estimate of drug-likeness (QED) is 0.776. The molecule has 0 aromatic heterocycles. The molecule has 1 unspecified atom stereocenters. The van der Waals surface area contributed by atoms with Gasteiger partial charge in [0.25, 0.3) is 0 Å². The molecule has 1 aliphatic rings. The summed E-state index contributed by atoms with van der Waals surface area (Å²) in [6.45, 7) is 3.50. The molecule has 0 radical (unpaired) electrons. The summed E-state index contributed by atoms with van der Waals surface area (Å²) in [5.74, 6) is 0.677. The van der Waals surface area contributed by atoms with E-state index in [1.165, 1.54) is 6.92 Å². The van der Waals surface area contributed by atoms with Gasteiger partial charge in [0.15, 0.2) is 5.78 Å². The number of halogens is 1. The van der Waals surface area contributed by atoms with Gasteiger partial charge in [-0.05, 0) is 38.6 Å². The Morgan fingerprint density at radius 2 is 2.29 bits per heavy atom. The molecule has 0 N–H and O–H groups in total. The van der Waals surface area contributed by atoms with E-state index in [1.54, 1.807) is 18.2 Å². The molecule has 1 fully saturated rings. The molecule has 1 aromatic rings. The number of Topliss-reactive ketones (excluding diaryl/α,β-unsaturated/α-hetero) is 1. The minimum atomic E-state index is 0.0130. The first-order valence-electron chi connectivity index (χ1n) is 5.72. The lowest BCUT2D eigenvalue weighted by molar-refractivity contribution is 0.101. The summed E-state index contributed by atoms with van der Waals surface area (Å²) in [7, 11) is 2.07. The van der Waals surface area contributed by atoms with Gasteiger partial charge in [0, 0.05) is 18.7 Å². The molecular formula is C13H16ClNO2. The summed E-state index contributed by atoms with van der Waals surface area (Å²) in [6, 6.07) is 5.19. The lowest BCUT2D eigenvalue weighted by Gasteiger charge is -2.15. The van der Waals surface area contributed by atoms with Crippen LogP contribution in [0.15, 0.2) is 18.2 Å². The molecule has 1 aromatic carbocycles. The fraction of sp³-hybridized carbons (Fsp3) is 0.462. The number of benzene rings is 1. The molecule has 0 aliphatic carbocycles. The van der Waals surface area contributed by atoms with Crippen LogP contribution in [-0.2, 0) is 0 Å². The number of carbonyl (C=O) groups excluding carboxylic acids is 1. The van der Waals surface area contributed by atoms with Crippen molar-refractivity contribution < 1.29 is 9.53 Å². The largest absolute Gasteiger partial charge is 0.487 e. The normalized spacial score (nSPS) is 20.5. The van der Waals surface area contributed by atoms with Gasteiger partial charge >= 0.3 is 0 Å². The van der Waals surface area contributed by atoms with Crippen LogP contribution in [0.25, 0.3) is 0 Å². The molecule has 0 saturated carbocycles. The van der Waals surface area contributed by atoms with Gasteiger partial charge in [-0.25, -0.2) is 0 Å². The fourth-order valence-electron chi connectivity index (χ4n) is 1.99. The van der Waals surface area contributed by atoms with Gasteiger partial charge in [-0.15, -0.1) is 0 Å². The summed E-state index contributed by atoms with van der Waals surface area (Å²) in [5.41, 5.74) is 0.617. The Morgan fingerprint density at radius 3 is 2.82 bits per heavy atom. The number of rotatable bonds is 3. The Bertz CT molecular complexity index is 433. The molecule has 1 atom stereocenters. The number of hydrogen-bond acceptors (Lipinski definition) is 3. The number of nitrogens with zero attached hydrogens (tertiary/aromatic N) is 1. The highest BCUT2D eigenvalue weighted by molar-refractivity contribution is 6.32. The van der Waals surface area contributed by atoms with Crippen LogP contribution in [0.3, 0.4) is 0 Å². The number of likely N-dealkylation sites (N-methyl/N-ethyl adjacent to an activating group) is 1. The van der Waals surface area contributed by atoms with Crippen molar-refractivity contribution in [1.29, 1.82) is 0 Å². The number of carbonyl (C=O) groups is 1. The third-order valence-corrected chi connectivity index (χ3v) is 3.28. The van der Waals surface area contributed by atoms with Gasteiger partial charge in [-0.2, -0.15) is 0 Å². The second kappa shape index (κ2) is 5.07. The zero-order valence-corrected chi connectivity index (χ0v) is 10.8. The summed E-state index contributed by atoms with van der Waals surface area (Å²) < 4.78 is 5.83. The van der Waals surface area contributed by atoms with E-state index in [1.807, 2.05) is 0 Å². The molecule has 3 nitrogen and oxygen atoms in total. The Morgan fingerprint density at radius 1 is 1.53 bits per heavy atom. The summed E-state index contributed by atoms with van der Waals surface area (Å²) in [5, 5.41) is 0.507. The molecule has 0 spiro atoms. The minimum Gasteiger partial charge on any atom is -0.487 e. The first kappa shape index (κ1) is 12.4. The van der Waals surface area contributed by atoms with E-state index < -0.39 is 0 Å². The average molecular weight is 254 g/mol. The predicted octanol–water partition coefficient (Wildman–Crippen LogP) is 2.63. The maximum Gasteiger partial charge on any atom is 0.159 e. The molecule has 0 bridgehead atoms. The zero-order valence-electron chi connectivity index (χ0n) is 10.1. The highest BCUT2D eigenvalue weighted by atomic mass is 35.5. The fourth-order valence-corrected chi connectivity index (χ4v) is 2.21. The van der Waals surface area contributed by atoms with E-state index in [0.29, 0.717) is 16.3 Å². The van der Waals surface area contributed by atoms with E-state index >= 15 is 0 Å². The van der Waals surface area contributed by atoms with Gasteiger partial charge in [0.2, 0.25) is 0 Å². The third-order valence-electron chi connectivity index (χ3n) is 2.98. The van der Waals surface area contributed by atoms with Crippen LogP contribution in [0.2, 0.25) is 5.02 Å². The predicted molar refractivity (Wildman–Crippen MR) is 68.0 cm³/mol. The highest BCUT2D eigenvalue weighted by Crippen LogP contribution is 2.28. The van der Waals surface area contributed by atoms with Crippen molar-refractivity contribution in [1.82, 2.24) is 4.90 Å². The van der Waals surface area contributed by atoms with Crippen LogP contribution in [0.4, 0.5) is 0 Å². The van der Waals surface area contributed by atoms with Crippen LogP contribution in [0.5, 0.6) is 5.75 Å². The highest BCUT2D eigenvalue weighted by Gasteiger charge is 2.21. The minimum absolute atomic E-state index is 0.0130. The van der Waals surface area contributed by atoms with Crippen molar-refractivity contribution in [2.45, 2.75) is 19.4 Å². The lowest BCUT2D eigenvalue weighted by atomic mass is 10.1. The topological polar surface area (TPSA) is 29.5 Å². The average Bonchev–Trinajstić information content (AvgIpc) is 2.67. The lowest BCUT2D eigenvalue weighted by Crippen LogP contribution is -2.21. The molecule has 4 heteroatoms. The number of hydrogen-bond donors (Lipinski definition) is 0. The summed E-state index contributed by atoms with van der Waals surface area (Å²) in [6.07, 6.45) is 1.21. The van der Waals surface area contributed by atoms with Crippen molar-refractivity contribution in [2.24, 2.45) is 0 Å². The van der Waals surface area contributed by atoms with Crippen LogP contribution in [-0.4, -0.2) is 36.9 Å². The number of ether oxygens (including phenoxy) is 1. The Balaban J connectivity index is 2.09. The molecule has 92 valence electrons. The van der Waals surface area contributed by atoms with Gasteiger partial charge in [-0.1, -0.05) is 11.6 Å². The summed E-state index contributed by atoms with van der Waals surface area (Å²) >= 11 is 6.10.